The zero-order chi connectivity index (χ0) is 24.4. The number of hydrogen-bond donors (Lipinski definition) is 1. The number of halogens is 1. The molecule has 3 heterocycles. The molecule has 0 bridgehead atoms. The van der Waals surface area contributed by atoms with Crippen LogP contribution in [0.25, 0.3) is 0 Å². The quantitative estimate of drug-likeness (QED) is 0.504. The Hall–Kier alpha value is -1.99. The standard InChI is InChI=1S/C26H38FN3O2S/c1-18(2)29-23(31)32-25(6,7)26(13-12-21-10-11-22(27)33-21)14-15-30(17-26)24(4,5)20-9-8-19(3)28-16-20/h8-11,16,18H,12-15,17H2,1-7H3,(H,29,31). The van der Waals surface area contributed by atoms with Gasteiger partial charge in [-0.05, 0) is 98.0 Å². The Morgan fingerprint density at radius 2 is 2.00 bits per heavy atom. The molecule has 2 aromatic rings. The molecule has 1 N–H and O–H groups in total. The van der Waals surface area contributed by atoms with Crippen LogP contribution in [-0.2, 0) is 16.7 Å². The van der Waals surface area contributed by atoms with Gasteiger partial charge >= 0.3 is 6.09 Å². The number of carbonyl (C=O) groups excluding carboxylic acids is 1. The number of alkyl carbamates (subject to hydrolysis) is 1. The number of aromatic nitrogens is 1. The summed E-state index contributed by atoms with van der Waals surface area (Å²) in [5, 5.41) is 2.70. The van der Waals surface area contributed by atoms with E-state index in [0.29, 0.717) is 0 Å². The Morgan fingerprint density at radius 3 is 2.58 bits per heavy atom. The molecule has 0 aliphatic carbocycles. The second-order valence-electron chi connectivity index (χ2n) is 10.6. The van der Waals surface area contributed by atoms with E-state index in [1.54, 1.807) is 0 Å². The van der Waals surface area contributed by atoms with Gasteiger partial charge < -0.3 is 10.1 Å². The van der Waals surface area contributed by atoms with E-state index in [-0.39, 0.29) is 22.1 Å². The van der Waals surface area contributed by atoms with Gasteiger partial charge in [-0.25, -0.2) is 4.79 Å². The predicted octanol–water partition coefficient (Wildman–Crippen LogP) is 6.06. The lowest BCUT2D eigenvalue weighted by Crippen LogP contribution is -2.52. The highest BCUT2D eigenvalue weighted by atomic mass is 32.1. The molecule has 7 heteroatoms. The monoisotopic (exact) mass is 475 g/mol. The van der Waals surface area contributed by atoms with E-state index >= 15 is 0 Å². The second kappa shape index (κ2) is 9.71. The summed E-state index contributed by atoms with van der Waals surface area (Å²) in [6.07, 6.45) is 4.03. The van der Waals surface area contributed by atoms with Gasteiger partial charge in [0.15, 0.2) is 5.13 Å². The van der Waals surface area contributed by atoms with Gasteiger partial charge in [0.1, 0.15) is 5.60 Å². The van der Waals surface area contributed by atoms with Crippen LogP contribution < -0.4 is 5.32 Å². The van der Waals surface area contributed by atoms with Crippen molar-refractivity contribution in [3.8, 4) is 0 Å². The molecule has 3 rings (SSSR count). The fourth-order valence-electron chi connectivity index (χ4n) is 4.81. The molecule has 1 saturated heterocycles. The van der Waals surface area contributed by atoms with Crippen molar-refractivity contribution in [2.45, 2.75) is 84.9 Å². The molecular weight excluding hydrogens is 437 g/mol. The van der Waals surface area contributed by atoms with Crippen molar-refractivity contribution >= 4 is 17.4 Å². The SMILES string of the molecule is Cc1ccc(C(C)(C)N2CCC(CCc3ccc(F)s3)(C(C)(C)OC(=O)NC(C)C)C2)cn1. The van der Waals surface area contributed by atoms with Crippen LogP contribution in [0.1, 0.15) is 70.5 Å². The second-order valence-corrected chi connectivity index (χ2v) is 11.7. The van der Waals surface area contributed by atoms with Gasteiger partial charge in [0.05, 0.1) is 0 Å². The Bertz CT molecular complexity index is 955. The number of hydrogen-bond acceptors (Lipinski definition) is 5. The molecular formula is C26H38FN3O2S. The molecule has 1 aliphatic heterocycles. The molecule has 2 aromatic heterocycles. The molecule has 1 unspecified atom stereocenters. The molecule has 1 fully saturated rings. The number of rotatable bonds is 8. The summed E-state index contributed by atoms with van der Waals surface area (Å²) in [6.45, 7) is 16.0. The van der Waals surface area contributed by atoms with Gasteiger partial charge in [-0.15, -0.1) is 11.3 Å². The van der Waals surface area contributed by atoms with Crippen molar-refractivity contribution in [3.05, 3.63) is 51.7 Å². The van der Waals surface area contributed by atoms with E-state index in [0.717, 1.165) is 42.9 Å². The van der Waals surface area contributed by atoms with E-state index in [4.69, 9.17) is 4.74 Å². The first-order valence-electron chi connectivity index (χ1n) is 11.8. The van der Waals surface area contributed by atoms with Gasteiger partial charge in [0.25, 0.3) is 0 Å². The van der Waals surface area contributed by atoms with Gasteiger partial charge in [0, 0.05) is 40.3 Å². The number of nitrogens with zero attached hydrogens (tertiary/aromatic N) is 2. The van der Waals surface area contributed by atoms with Crippen LogP contribution in [0.2, 0.25) is 0 Å². The number of ether oxygens (including phenoxy) is 1. The maximum Gasteiger partial charge on any atom is 0.407 e. The number of likely N-dealkylation sites (tertiary alicyclic amines) is 1. The van der Waals surface area contributed by atoms with Gasteiger partial charge in [0.2, 0.25) is 0 Å². The van der Waals surface area contributed by atoms with E-state index in [2.05, 4.69) is 41.2 Å². The molecule has 182 valence electrons. The molecule has 1 aliphatic rings. The van der Waals surface area contributed by atoms with Crippen molar-refractivity contribution < 1.29 is 13.9 Å². The molecule has 0 aromatic carbocycles. The van der Waals surface area contributed by atoms with E-state index < -0.39 is 11.7 Å². The highest BCUT2D eigenvalue weighted by Gasteiger charge is 2.53. The summed E-state index contributed by atoms with van der Waals surface area (Å²) in [5.74, 6) is 0. The summed E-state index contributed by atoms with van der Waals surface area (Å²) in [7, 11) is 0. The first-order chi connectivity index (χ1) is 15.3. The van der Waals surface area contributed by atoms with Crippen LogP contribution in [0.5, 0.6) is 0 Å². The smallest absolute Gasteiger partial charge is 0.407 e. The molecule has 0 radical (unpaired) electrons. The Labute approximate surface area is 201 Å². The first-order valence-corrected chi connectivity index (χ1v) is 12.6. The number of aryl methyl sites for hydroxylation is 2. The minimum atomic E-state index is -0.696. The molecule has 1 atom stereocenters. The maximum atomic E-state index is 13.6. The van der Waals surface area contributed by atoms with Crippen LogP contribution >= 0.6 is 11.3 Å². The van der Waals surface area contributed by atoms with Crippen LogP contribution in [0.3, 0.4) is 0 Å². The third-order valence-electron chi connectivity index (χ3n) is 7.27. The zero-order valence-corrected chi connectivity index (χ0v) is 21.8. The van der Waals surface area contributed by atoms with Crippen molar-refractivity contribution in [3.63, 3.8) is 0 Å². The van der Waals surface area contributed by atoms with Gasteiger partial charge in [-0.2, -0.15) is 4.39 Å². The van der Waals surface area contributed by atoms with Crippen molar-refractivity contribution in [1.82, 2.24) is 15.2 Å². The summed E-state index contributed by atoms with van der Waals surface area (Å²) in [4.78, 5) is 20.6. The van der Waals surface area contributed by atoms with Crippen molar-refractivity contribution in [2.75, 3.05) is 13.1 Å². The van der Waals surface area contributed by atoms with E-state index in [9.17, 15) is 9.18 Å². The zero-order valence-electron chi connectivity index (χ0n) is 21.0. The summed E-state index contributed by atoms with van der Waals surface area (Å²) >= 11 is 1.20. The summed E-state index contributed by atoms with van der Waals surface area (Å²) < 4.78 is 19.7. The largest absolute Gasteiger partial charge is 0.443 e. The fraction of sp³-hybridized carbons (Fsp3) is 0.615. The van der Waals surface area contributed by atoms with Crippen LogP contribution in [0.15, 0.2) is 30.5 Å². The van der Waals surface area contributed by atoms with Crippen molar-refractivity contribution in [2.24, 2.45) is 5.41 Å². The van der Waals surface area contributed by atoms with E-state index in [1.165, 1.54) is 23.0 Å². The average molecular weight is 476 g/mol. The number of carbonyl (C=O) groups is 1. The average Bonchev–Trinajstić information content (AvgIpc) is 3.33. The topological polar surface area (TPSA) is 54.5 Å². The fourth-order valence-corrected chi connectivity index (χ4v) is 5.54. The normalized spacial score (nSPS) is 19.8. The minimum absolute atomic E-state index is 0.00592. The molecule has 1 amide bonds. The van der Waals surface area contributed by atoms with Crippen LogP contribution in [0, 0.1) is 17.5 Å². The highest BCUT2D eigenvalue weighted by molar-refractivity contribution is 7.10. The Morgan fingerprint density at radius 1 is 1.27 bits per heavy atom. The maximum absolute atomic E-state index is 13.6. The summed E-state index contributed by atoms with van der Waals surface area (Å²) in [6, 6.07) is 7.59. The number of pyridine rings is 1. The highest BCUT2D eigenvalue weighted by Crippen LogP contribution is 2.49. The lowest BCUT2D eigenvalue weighted by Gasteiger charge is -2.45. The molecule has 0 spiro atoms. The van der Waals surface area contributed by atoms with Crippen molar-refractivity contribution in [1.29, 1.82) is 0 Å². The van der Waals surface area contributed by atoms with Crippen LogP contribution in [-0.4, -0.2) is 40.7 Å². The third-order valence-corrected chi connectivity index (χ3v) is 8.21. The minimum Gasteiger partial charge on any atom is -0.443 e. The number of nitrogens with one attached hydrogen (secondary N) is 1. The number of thiophene rings is 1. The van der Waals surface area contributed by atoms with Gasteiger partial charge in [-0.1, -0.05) is 6.07 Å². The summed E-state index contributed by atoms with van der Waals surface area (Å²) in [5.41, 5.74) is 0.989. The predicted molar refractivity (Wildman–Crippen MR) is 132 cm³/mol. The molecule has 0 saturated carbocycles. The van der Waals surface area contributed by atoms with E-state index in [1.807, 2.05) is 46.9 Å². The van der Waals surface area contributed by atoms with Crippen LogP contribution in [0.4, 0.5) is 9.18 Å². The lowest BCUT2D eigenvalue weighted by atomic mass is 9.69. The number of amides is 1. The Kier molecular flexibility index (Phi) is 7.54. The Balaban J connectivity index is 1.87. The lowest BCUT2D eigenvalue weighted by molar-refractivity contribution is -0.0692. The first kappa shape index (κ1) is 25.6. The molecule has 33 heavy (non-hydrogen) atoms. The molecule has 5 nitrogen and oxygen atoms in total. The van der Waals surface area contributed by atoms with Gasteiger partial charge in [-0.3, -0.25) is 9.88 Å². The third kappa shape index (κ3) is 5.75.